The highest BCUT2D eigenvalue weighted by atomic mass is 32.1. The van der Waals surface area contributed by atoms with Gasteiger partial charge in [-0.2, -0.15) is 0 Å². The Morgan fingerprint density at radius 1 is 1.47 bits per heavy atom. The number of carbonyl (C=O) groups is 2. The zero-order chi connectivity index (χ0) is 14.0. The Bertz CT molecular complexity index is 548. The van der Waals surface area contributed by atoms with Gasteiger partial charge in [0.1, 0.15) is 0 Å². The van der Waals surface area contributed by atoms with Crippen LogP contribution in [0, 0.1) is 6.92 Å². The van der Waals surface area contributed by atoms with E-state index in [0.29, 0.717) is 17.9 Å². The number of rotatable bonds is 3. The van der Waals surface area contributed by atoms with Crippen LogP contribution in [0.15, 0.2) is 22.7 Å². The van der Waals surface area contributed by atoms with Crippen LogP contribution in [-0.4, -0.2) is 18.6 Å². The number of urea groups is 1. The van der Waals surface area contributed by atoms with Gasteiger partial charge < -0.3 is 15.4 Å². The van der Waals surface area contributed by atoms with Gasteiger partial charge in [0, 0.05) is 10.6 Å². The quantitative estimate of drug-likeness (QED) is 0.834. The molecule has 5 nitrogen and oxygen atoms in total. The van der Waals surface area contributed by atoms with Gasteiger partial charge in [0.05, 0.1) is 18.2 Å². The monoisotopic (exact) mass is 280 g/mol. The normalized spacial score (nSPS) is 18.9. The van der Waals surface area contributed by atoms with Crippen molar-refractivity contribution >= 4 is 23.3 Å². The number of allylic oxidation sites excluding steroid dienone is 1. The summed E-state index contributed by atoms with van der Waals surface area (Å²) in [6.45, 7) is 5.74. The number of nitrogens with one attached hydrogen (secondary N) is 2. The van der Waals surface area contributed by atoms with Crippen molar-refractivity contribution in [3.63, 3.8) is 0 Å². The van der Waals surface area contributed by atoms with E-state index in [4.69, 9.17) is 4.74 Å². The SMILES string of the molecule is CCOC(=O)C1=C(C)NC(=O)NC1c1cc(C)cs1. The molecule has 0 fully saturated rings. The standard InChI is InChI=1S/C13H16N2O3S/c1-4-18-12(16)10-8(3)14-13(17)15-11(10)9-5-7(2)6-19-9/h5-6,11H,4H2,1-3H3,(H2,14,15,17). The Hall–Kier alpha value is -1.82. The summed E-state index contributed by atoms with van der Waals surface area (Å²) in [4.78, 5) is 24.6. The van der Waals surface area contributed by atoms with Crippen LogP contribution in [0.1, 0.15) is 30.3 Å². The first kappa shape index (κ1) is 13.6. The maximum absolute atomic E-state index is 12.0. The third-order valence-corrected chi connectivity index (χ3v) is 3.92. The topological polar surface area (TPSA) is 67.4 Å². The number of aryl methyl sites for hydroxylation is 1. The zero-order valence-corrected chi connectivity index (χ0v) is 11.9. The minimum absolute atomic E-state index is 0.304. The summed E-state index contributed by atoms with van der Waals surface area (Å²) in [6.07, 6.45) is 0. The van der Waals surface area contributed by atoms with E-state index in [0.717, 1.165) is 10.4 Å². The van der Waals surface area contributed by atoms with Crippen molar-refractivity contribution in [1.82, 2.24) is 10.6 Å². The smallest absolute Gasteiger partial charge is 0.338 e. The number of thiophene rings is 1. The second kappa shape index (κ2) is 5.44. The van der Waals surface area contributed by atoms with Crippen LogP contribution in [0.5, 0.6) is 0 Å². The van der Waals surface area contributed by atoms with Crippen molar-refractivity contribution in [2.75, 3.05) is 6.61 Å². The van der Waals surface area contributed by atoms with E-state index >= 15 is 0 Å². The van der Waals surface area contributed by atoms with Gasteiger partial charge in [-0.3, -0.25) is 0 Å². The number of amides is 2. The molecule has 2 rings (SSSR count). The summed E-state index contributed by atoms with van der Waals surface area (Å²) < 4.78 is 5.06. The molecule has 0 saturated carbocycles. The van der Waals surface area contributed by atoms with Gasteiger partial charge in [-0.05, 0) is 37.8 Å². The lowest BCUT2D eigenvalue weighted by Gasteiger charge is -2.27. The van der Waals surface area contributed by atoms with E-state index in [-0.39, 0.29) is 6.03 Å². The fourth-order valence-corrected chi connectivity index (χ4v) is 2.95. The molecule has 1 aliphatic heterocycles. The summed E-state index contributed by atoms with van der Waals surface area (Å²) in [7, 11) is 0. The van der Waals surface area contributed by atoms with Gasteiger partial charge >= 0.3 is 12.0 Å². The van der Waals surface area contributed by atoms with Crippen LogP contribution >= 0.6 is 11.3 Å². The van der Waals surface area contributed by atoms with Crippen LogP contribution in [0.4, 0.5) is 4.79 Å². The average molecular weight is 280 g/mol. The first-order valence-electron chi connectivity index (χ1n) is 6.03. The van der Waals surface area contributed by atoms with Crippen molar-refractivity contribution in [1.29, 1.82) is 0 Å². The van der Waals surface area contributed by atoms with E-state index in [1.165, 1.54) is 11.3 Å². The predicted molar refractivity (Wildman–Crippen MR) is 72.8 cm³/mol. The molecule has 2 N–H and O–H groups in total. The van der Waals surface area contributed by atoms with Crippen molar-refractivity contribution in [3.8, 4) is 0 Å². The minimum atomic E-state index is -0.438. The highest BCUT2D eigenvalue weighted by Crippen LogP contribution is 2.31. The molecule has 1 atom stereocenters. The second-order valence-electron chi connectivity index (χ2n) is 4.32. The molecule has 0 aromatic carbocycles. The maximum atomic E-state index is 12.0. The lowest BCUT2D eigenvalue weighted by molar-refractivity contribution is -0.139. The van der Waals surface area contributed by atoms with E-state index in [9.17, 15) is 9.59 Å². The average Bonchev–Trinajstić information content (AvgIpc) is 2.75. The van der Waals surface area contributed by atoms with E-state index in [2.05, 4.69) is 10.6 Å². The maximum Gasteiger partial charge on any atom is 0.338 e. The van der Waals surface area contributed by atoms with Crippen LogP contribution in [0.2, 0.25) is 0 Å². The third-order valence-electron chi connectivity index (χ3n) is 2.80. The molecule has 2 amide bonds. The van der Waals surface area contributed by atoms with Gasteiger partial charge in [-0.1, -0.05) is 0 Å². The molecule has 102 valence electrons. The fourth-order valence-electron chi connectivity index (χ4n) is 1.99. The second-order valence-corrected chi connectivity index (χ2v) is 5.26. The number of hydrogen-bond donors (Lipinski definition) is 2. The van der Waals surface area contributed by atoms with Crippen LogP contribution in [0.3, 0.4) is 0 Å². The fraction of sp³-hybridized carbons (Fsp3) is 0.385. The number of hydrogen-bond acceptors (Lipinski definition) is 4. The Morgan fingerprint density at radius 3 is 2.79 bits per heavy atom. The predicted octanol–water partition coefficient (Wildman–Crippen LogP) is 2.25. The molecule has 0 radical (unpaired) electrons. The highest BCUT2D eigenvalue weighted by molar-refractivity contribution is 7.10. The first-order chi connectivity index (χ1) is 9.02. The molecule has 0 saturated heterocycles. The molecule has 2 heterocycles. The van der Waals surface area contributed by atoms with E-state index in [1.807, 2.05) is 18.4 Å². The largest absolute Gasteiger partial charge is 0.463 e. The van der Waals surface area contributed by atoms with Crippen molar-refractivity contribution in [2.45, 2.75) is 26.8 Å². The lowest BCUT2D eigenvalue weighted by atomic mass is 10.0. The molecule has 1 aromatic heterocycles. The summed E-state index contributed by atoms with van der Waals surface area (Å²) in [6, 6.07) is 1.22. The third kappa shape index (κ3) is 2.78. The van der Waals surface area contributed by atoms with Crippen LogP contribution < -0.4 is 10.6 Å². The molecule has 0 bridgehead atoms. The van der Waals surface area contributed by atoms with Gasteiger partial charge in [-0.25, -0.2) is 9.59 Å². The van der Waals surface area contributed by atoms with E-state index in [1.54, 1.807) is 13.8 Å². The number of carbonyl (C=O) groups excluding carboxylic acids is 2. The molecule has 1 aromatic rings. The van der Waals surface area contributed by atoms with Crippen LogP contribution in [0.25, 0.3) is 0 Å². The Morgan fingerprint density at radius 2 is 2.21 bits per heavy atom. The van der Waals surface area contributed by atoms with Gasteiger partial charge in [0.25, 0.3) is 0 Å². The molecule has 1 unspecified atom stereocenters. The number of ether oxygens (including phenoxy) is 1. The molecular formula is C13H16N2O3S. The Labute approximate surface area is 115 Å². The zero-order valence-electron chi connectivity index (χ0n) is 11.1. The summed E-state index contributed by atoms with van der Waals surface area (Å²) in [5.74, 6) is -0.399. The van der Waals surface area contributed by atoms with Crippen molar-refractivity contribution < 1.29 is 14.3 Å². The van der Waals surface area contributed by atoms with Gasteiger partial charge in [0.2, 0.25) is 0 Å². The Kier molecular flexibility index (Phi) is 3.90. The summed E-state index contributed by atoms with van der Waals surface area (Å²) in [5, 5.41) is 7.36. The molecule has 1 aliphatic rings. The highest BCUT2D eigenvalue weighted by Gasteiger charge is 2.32. The van der Waals surface area contributed by atoms with Gasteiger partial charge in [0.15, 0.2) is 0 Å². The lowest BCUT2D eigenvalue weighted by Crippen LogP contribution is -2.45. The summed E-state index contributed by atoms with van der Waals surface area (Å²) >= 11 is 1.51. The van der Waals surface area contributed by atoms with E-state index < -0.39 is 12.0 Å². The molecule has 0 spiro atoms. The molecule has 6 heteroatoms. The molecular weight excluding hydrogens is 264 g/mol. The molecule has 0 aliphatic carbocycles. The first-order valence-corrected chi connectivity index (χ1v) is 6.91. The molecule has 19 heavy (non-hydrogen) atoms. The van der Waals surface area contributed by atoms with Crippen LogP contribution in [-0.2, 0) is 9.53 Å². The van der Waals surface area contributed by atoms with Gasteiger partial charge in [-0.15, -0.1) is 11.3 Å². The van der Waals surface area contributed by atoms with Crippen molar-refractivity contribution in [3.05, 3.63) is 33.2 Å². The minimum Gasteiger partial charge on any atom is -0.463 e. The Balaban J connectivity index is 2.40. The summed E-state index contributed by atoms with van der Waals surface area (Å²) in [5.41, 5.74) is 2.11. The number of esters is 1. The van der Waals surface area contributed by atoms with Crippen molar-refractivity contribution in [2.24, 2.45) is 0 Å².